The van der Waals surface area contributed by atoms with Crippen LogP contribution in [0.3, 0.4) is 0 Å². The summed E-state index contributed by atoms with van der Waals surface area (Å²) in [6.07, 6.45) is 0.571. The van der Waals surface area contributed by atoms with Crippen molar-refractivity contribution in [3.63, 3.8) is 0 Å². The van der Waals surface area contributed by atoms with Gasteiger partial charge in [-0.15, -0.1) is 0 Å². The lowest BCUT2D eigenvalue weighted by Crippen LogP contribution is -2.38. The zero-order valence-electron chi connectivity index (χ0n) is 10.8. The first-order chi connectivity index (χ1) is 8.60. The smallest absolute Gasteiger partial charge is 0.227 e. The highest BCUT2D eigenvalue weighted by atomic mass is 16.3. The summed E-state index contributed by atoms with van der Waals surface area (Å²) >= 11 is 0. The quantitative estimate of drug-likeness (QED) is 0.847. The molecule has 0 spiro atoms. The van der Waals surface area contributed by atoms with Crippen LogP contribution in [-0.4, -0.2) is 35.6 Å². The molecule has 1 rings (SSSR count). The van der Waals surface area contributed by atoms with Crippen LogP contribution in [0.4, 0.5) is 0 Å². The van der Waals surface area contributed by atoms with Gasteiger partial charge >= 0.3 is 0 Å². The summed E-state index contributed by atoms with van der Waals surface area (Å²) in [7, 11) is 1.68. The van der Waals surface area contributed by atoms with Crippen molar-refractivity contribution in [2.75, 3.05) is 13.7 Å². The van der Waals surface area contributed by atoms with Crippen molar-refractivity contribution in [1.29, 1.82) is 5.26 Å². The molecule has 1 aromatic carbocycles. The molecule has 0 saturated heterocycles. The zero-order chi connectivity index (χ0) is 13.5. The van der Waals surface area contributed by atoms with E-state index >= 15 is 0 Å². The van der Waals surface area contributed by atoms with Crippen molar-refractivity contribution < 1.29 is 9.90 Å². The number of aliphatic hydroxyl groups is 1. The van der Waals surface area contributed by atoms with E-state index in [-0.39, 0.29) is 25.0 Å². The van der Waals surface area contributed by atoms with Crippen molar-refractivity contribution in [3.05, 3.63) is 35.4 Å². The fourth-order valence-corrected chi connectivity index (χ4v) is 1.64. The van der Waals surface area contributed by atoms with Gasteiger partial charge in [-0.2, -0.15) is 5.26 Å². The molecular formula is C14H18N2O2. The largest absolute Gasteiger partial charge is 0.394 e. The van der Waals surface area contributed by atoms with Crippen molar-refractivity contribution in [1.82, 2.24) is 4.90 Å². The van der Waals surface area contributed by atoms with Crippen LogP contribution in [-0.2, 0) is 17.6 Å². The Labute approximate surface area is 107 Å². The number of carbonyl (C=O) groups excluding carboxylic acids is 1. The molecular weight excluding hydrogens is 228 g/mol. The minimum absolute atomic E-state index is 0.0535. The number of hydrogen-bond acceptors (Lipinski definition) is 3. The van der Waals surface area contributed by atoms with E-state index in [1.807, 2.05) is 24.3 Å². The molecule has 1 unspecified atom stereocenters. The van der Waals surface area contributed by atoms with Crippen molar-refractivity contribution in [3.8, 4) is 6.07 Å². The summed E-state index contributed by atoms with van der Waals surface area (Å²) in [5, 5.41) is 17.8. The molecule has 1 atom stereocenters. The second kappa shape index (κ2) is 6.77. The average molecular weight is 246 g/mol. The first-order valence-electron chi connectivity index (χ1n) is 5.90. The molecule has 0 radical (unpaired) electrons. The number of nitrogens with zero attached hydrogens (tertiary/aromatic N) is 2. The molecule has 0 aliphatic heterocycles. The number of hydrogen-bond donors (Lipinski definition) is 1. The third kappa shape index (κ3) is 3.57. The van der Waals surface area contributed by atoms with E-state index in [2.05, 4.69) is 6.07 Å². The summed E-state index contributed by atoms with van der Waals surface area (Å²) in [5.74, 6) is -0.0538. The molecule has 0 bridgehead atoms. The molecule has 1 amide bonds. The normalized spacial score (nSPS) is 11.7. The van der Waals surface area contributed by atoms with Gasteiger partial charge in [-0.1, -0.05) is 24.3 Å². The van der Waals surface area contributed by atoms with Gasteiger partial charge < -0.3 is 10.0 Å². The molecule has 4 heteroatoms. The molecule has 0 aromatic heterocycles. The number of likely N-dealkylation sites (N-methyl/N-ethyl adjacent to an activating group) is 1. The van der Waals surface area contributed by atoms with E-state index < -0.39 is 0 Å². The minimum Gasteiger partial charge on any atom is -0.394 e. The summed E-state index contributed by atoms with van der Waals surface area (Å²) in [6, 6.07) is 9.35. The molecule has 18 heavy (non-hydrogen) atoms. The second-order valence-corrected chi connectivity index (χ2v) is 4.32. The Morgan fingerprint density at radius 3 is 2.61 bits per heavy atom. The maximum absolute atomic E-state index is 12.0. The maximum atomic E-state index is 12.0. The van der Waals surface area contributed by atoms with Gasteiger partial charge in [-0.05, 0) is 18.1 Å². The maximum Gasteiger partial charge on any atom is 0.227 e. The molecule has 96 valence electrons. The lowest BCUT2D eigenvalue weighted by atomic mass is 10.0. The minimum atomic E-state index is -0.194. The van der Waals surface area contributed by atoms with Gasteiger partial charge in [0.1, 0.15) is 0 Å². The number of rotatable bonds is 5. The first kappa shape index (κ1) is 14.2. The first-order valence-corrected chi connectivity index (χ1v) is 5.90. The summed E-state index contributed by atoms with van der Waals surface area (Å²) in [4.78, 5) is 13.5. The van der Waals surface area contributed by atoms with Crippen molar-refractivity contribution >= 4 is 5.91 Å². The topological polar surface area (TPSA) is 64.3 Å². The number of amides is 1. The highest BCUT2D eigenvalue weighted by Gasteiger charge is 2.16. The van der Waals surface area contributed by atoms with Gasteiger partial charge in [-0.3, -0.25) is 4.79 Å². The van der Waals surface area contributed by atoms with Crippen molar-refractivity contribution in [2.24, 2.45) is 0 Å². The SMILES string of the molecule is CC(CO)N(C)C(=O)Cc1ccccc1CC#N. The van der Waals surface area contributed by atoms with E-state index in [0.29, 0.717) is 6.42 Å². The van der Waals surface area contributed by atoms with Crippen LogP contribution in [0, 0.1) is 11.3 Å². The highest BCUT2D eigenvalue weighted by Crippen LogP contribution is 2.12. The third-order valence-electron chi connectivity index (χ3n) is 3.05. The molecule has 0 aliphatic rings. The van der Waals surface area contributed by atoms with Gasteiger partial charge in [-0.25, -0.2) is 0 Å². The van der Waals surface area contributed by atoms with Gasteiger partial charge in [0.15, 0.2) is 0 Å². The van der Waals surface area contributed by atoms with Gasteiger partial charge in [0.05, 0.1) is 31.6 Å². The lowest BCUT2D eigenvalue weighted by Gasteiger charge is -2.23. The predicted molar refractivity (Wildman–Crippen MR) is 68.8 cm³/mol. The third-order valence-corrected chi connectivity index (χ3v) is 3.05. The molecule has 0 fully saturated rings. The Hall–Kier alpha value is -1.86. The Kier molecular flexibility index (Phi) is 5.34. The van der Waals surface area contributed by atoms with Crippen LogP contribution in [0.15, 0.2) is 24.3 Å². The van der Waals surface area contributed by atoms with E-state index in [1.165, 1.54) is 4.90 Å². The Morgan fingerprint density at radius 1 is 1.44 bits per heavy atom. The standard InChI is InChI=1S/C14H18N2O2/c1-11(10-17)16(2)14(18)9-13-6-4-3-5-12(13)7-8-15/h3-6,11,17H,7,9-10H2,1-2H3. The molecule has 0 heterocycles. The number of benzene rings is 1. The number of aliphatic hydroxyl groups excluding tert-OH is 1. The lowest BCUT2D eigenvalue weighted by molar-refractivity contribution is -0.131. The monoisotopic (exact) mass is 246 g/mol. The molecule has 4 nitrogen and oxygen atoms in total. The molecule has 1 aromatic rings. The van der Waals surface area contributed by atoms with E-state index in [9.17, 15) is 4.79 Å². The second-order valence-electron chi connectivity index (χ2n) is 4.32. The fraction of sp³-hybridized carbons (Fsp3) is 0.429. The van der Waals surface area contributed by atoms with Crippen LogP contribution in [0.5, 0.6) is 0 Å². The van der Waals surface area contributed by atoms with E-state index in [4.69, 9.17) is 10.4 Å². The predicted octanol–water partition coefficient (Wildman–Crippen LogP) is 1.13. The molecule has 1 N–H and O–H groups in total. The average Bonchev–Trinajstić information content (AvgIpc) is 2.39. The summed E-state index contributed by atoms with van der Waals surface area (Å²) < 4.78 is 0. The van der Waals surface area contributed by atoms with Crippen LogP contribution in [0.25, 0.3) is 0 Å². The van der Waals surface area contributed by atoms with Crippen molar-refractivity contribution in [2.45, 2.75) is 25.8 Å². The van der Waals surface area contributed by atoms with Crippen LogP contribution in [0.2, 0.25) is 0 Å². The molecule has 0 aliphatic carbocycles. The van der Waals surface area contributed by atoms with E-state index in [1.54, 1.807) is 14.0 Å². The number of carbonyl (C=O) groups is 1. The summed E-state index contributed by atoms with van der Waals surface area (Å²) in [5.41, 5.74) is 1.76. The zero-order valence-corrected chi connectivity index (χ0v) is 10.8. The highest BCUT2D eigenvalue weighted by molar-refractivity contribution is 5.79. The van der Waals surface area contributed by atoms with Crippen LogP contribution >= 0.6 is 0 Å². The van der Waals surface area contributed by atoms with Gasteiger partial charge in [0.2, 0.25) is 5.91 Å². The van der Waals surface area contributed by atoms with Gasteiger partial charge in [0, 0.05) is 7.05 Å². The van der Waals surface area contributed by atoms with E-state index in [0.717, 1.165) is 11.1 Å². The Balaban J connectivity index is 2.79. The number of nitriles is 1. The summed E-state index contributed by atoms with van der Waals surface area (Å²) in [6.45, 7) is 1.74. The fourth-order valence-electron chi connectivity index (χ4n) is 1.64. The van der Waals surface area contributed by atoms with Crippen LogP contribution in [0.1, 0.15) is 18.1 Å². The Morgan fingerprint density at radius 2 is 2.06 bits per heavy atom. The van der Waals surface area contributed by atoms with Crippen LogP contribution < -0.4 is 0 Å². The molecule has 0 saturated carbocycles. The van der Waals surface area contributed by atoms with Gasteiger partial charge in [0.25, 0.3) is 0 Å². The Bertz CT molecular complexity index is 451.